The standard InChI is InChI=1S/C16H14Cl2N2O3/c1-9-4-2-3-5-11(9)12(8-15(21)22)19-16(23)10-6-13(17)20-14(18)7-10/h2-7,12H,8H2,1H3,(H,19,23)(H,21,22). The minimum Gasteiger partial charge on any atom is -0.481 e. The minimum absolute atomic E-state index is 0.0910. The van der Waals surface area contributed by atoms with E-state index in [0.717, 1.165) is 11.1 Å². The number of aryl methyl sites for hydroxylation is 1. The highest BCUT2D eigenvalue weighted by Gasteiger charge is 2.20. The molecule has 2 N–H and O–H groups in total. The van der Waals surface area contributed by atoms with Crippen molar-refractivity contribution in [2.75, 3.05) is 0 Å². The summed E-state index contributed by atoms with van der Waals surface area (Å²) >= 11 is 11.6. The van der Waals surface area contributed by atoms with E-state index < -0.39 is 17.9 Å². The molecule has 0 aliphatic carbocycles. The van der Waals surface area contributed by atoms with Crippen molar-refractivity contribution < 1.29 is 14.7 Å². The molecule has 0 aliphatic heterocycles. The number of halogens is 2. The molecule has 0 bridgehead atoms. The van der Waals surface area contributed by atoms with Gasteiger partial charge in [0.2, 0.25) is 0 Å². The molecule has 2 aromatic rings. The molecular formula is C16H14Cl2N2O3. The monoisotopic (exact) mass is 352 g/mol. The van der Waals surface area contributed by atoms with E-state index in [1.165, 1.54) is 12.1 Å². The van der Waals surface area contributed by atoms with E-state index >= 15 is 0 Å². The first kappa shape index (κ1) is 17.2. The predicted molar refractivity (Wildman–Crippen MR) is 87.9 cm³/mol. The first-order chi connectivity index (χ1) is 10.9. The van der Waals surface area contributed by atoms with Crippen LogP contribution in [0.3, 0.4) is 0 Å². The Morgan fingerprint density at radius 2 is 1.83 bits per heavy atom. The van der Waals surface area contributed by atoms with Crippen LogP contribution in [0.1, 0.15) is 33.9 Å². The van der Waals surface area contributed by atoms with Crippen molar-refractivity contribution in [3.8, 4) is 0 Å². The second-order valence-corrected chi connectivity index (χ2v) is 5.76. The van der Waals surface area contributed by atoms with Crippen molar-refractivity contribution in [3.63, 3.8) is 0 Å². The Morgan fingerprint density at radius 3 is 2.39 bits per heavy atom. The molecule has 7 heteroatoms. The fraction of sp³-hybridized carbons (Fsp3) is 0.188. The van der Waals surface area contributed by atoms with Crippen LogP contribution in [0.15, 0.2) is 36.4 Å². The number of rotatable bonds is 5. The molecule has 0 spiro atoms. The summed E-state index contributed by atoms with van der Waals surface area (Å²) < 4.78 is 0. The topological polar surface area (TPSA) is 79.3 Å². The number of carboxylic acids is 1. The molecule has 1 unspecified atom stereocenters. The molecule has 1 aromatic carbocycles. The number of carboxylic acid groups (broad SMARTS) is 1. The average Bonchev–Trinajstić information content (AvgIpc) is 2.45. The molecule has 0 aliphatic rings. The van der Waals surface area contributed by atoms with Crippen LogP contribution in [-0.4, -0.2) is 22.0 Å². The Kier molecular flexibility index (Phi) is 5.58. The van der Waals surface area contributed by atoms with E-state index in [-0.39, 0.29) is 22.3 Å². The SMILES string of the molecule is Cc1ccccc1C(CC(=O)O)NC(=O)c1cc(Cl)nc(Cl)c1. The first-order valence-electron chi connectivity index (χ1n) is 6.78. The van der Waals surface area contributed by atoms with E-state index in [9.17, 15) is 9.59 Å². The summed E-state index contributed by atoms with van der Waals surface area (Å²) in [6.45, 7) is 1.86. The molecular weight excluding hydrogens is 339 g/mol. The Morgan fingerprint density at radius 1 is 1.22 bits per heavy atom. The van der Waals surface area contributed by atoms with E-state index in [2.05, 4.69) is 10.3 Å². The quantitative estimate of drug-likeness (QED) is 0.805. The second kappa shape index (κ2) is 7.44. The van der Waals surface area contributed by atoms with Gasteiger partial charge in [0.25, 0.3) is 5.91 Å². The van der Waals surface area contributed by atoms with Crippen LogP contribution in [0.2, 0.25) is 10.3 Å². The van der Waals surface area contributed by atoms with Gasteiger partial charge in [-0.15, -0.1) is 0 Å². The Bertz CT molecular complexity index is 730. The van der Waals surface area contributed by atoms with Gasteiger partial charge in [-0.25, -0.2) is 4.98 Å². The summed E-state index contributed by atoms with van der Waals surface area (Å²) in [4.78, 5) is 27.3. The Labute approximate surface area is 143 Å². The van der Waals surface area contributed by atoms with E-state index in [1.54, 1.807) is 12.1 Å². The molecule has 1 heterocycles. The number of nitrogens with one attached hydrogen (secondary N) is 1. The number of hydrogen-bond acceptors (Lipinski definition) is 3. The Balaban J connectivity index is 2.29. The maximum atomic E-state index is 12.4. The molecule has 1 amide bonds. The van der Waals surface area contributed by atoms with Crippen LogP contribution >= 0.6 is 23.2 Å². The molecule has 23 heavy (non-hydrogen) atoms. The van der Waals surface area contributed by atoms with Crippen molar-refractivity contribution in [1.82, 2.24) is 10.3 Å². The first-order valence-corrected chi connectivity index (χ1v) is 7.53. The van der Waals surface area contributed by atoms with Crippen LogP contribution < -0.4 is 5.32 Å². The molecule has 1 atom stereocenters. The van der Waals surface area contributed by atoms with Crippen molar-refractivity contribution >= 4 is 35.1 Å². The third kappa shape index (κ3) is 4.68. The lowest BCUT2D eigenvalue weighted by atomic mass is 9.98. The van der Waals surface area contributed by atoms with Gasteiger partial charge in [-0.3, -0.25) is 9.59 Å². The van der Waals surface area contributed by atoms with Crippen LogP contribution in [-0.2, 0) is 4.79 Å². The van der Waals surface area contributed by atoms with Crippen molar-refractivity contribution in [3.05, 3.63) is 63.4 Å². The predicted octanol–water partition coefficient (Wildman–Crippen LogP) is 3.64. The van der Waals surface area contributed by atoms with Gasteiger partial charge in [-0.1, -0.05) is 47.5 Å². The van der Waals surface area contributed by atoms with Gasteiger partial charge in [0.05, 0.1) is 12.5 Å². The normalized spacial score (nSPS) is 11.8. The molecule has 5 nitrogen and oxygen atoms in total. The van der Waals surface area contributed by atoms with E-state index in [1.807, 2.05) is 19.1 Å². The van der Waals surface area contributed by atoms with Crippen molar-refractivity contribution in [2.45, 2.75) is 19.4 Å². The molecule has 1 aromatic heterocycles. The van der Waals surface area contributed by atoms with Gasteiger partial charge in [-0.2, -0.15) is 0 Å². The van der Waals surface area contributed by atoms with Crippen LogP contribution in [0.4, 0.5) is 0 Å². The highest BCUT2D eigenvalue weighted by Crippen LogP contribution is 2.22. The summed E-state index contributed by atoms with van der Waals surface area (Å²) in [5.41, 5.74) is 1.86. The zero-order valence-corrected chi connectivity index (χ0v) is 13.7. The fourth-order valence-corrected chi connectivity index (χ4v) is 2.69. The molecule has 0 fully saturated rings. The van der Waals surface area contributed by atoms with Gasteiger partial charge in [-0.05, 0) is 30.2 Å². The zero-order chi connectivity index (χ0) is 17.0. The molecule has 0 radical (unpaired) electrons. The Hall–Kier alpha value is -2.11. The maximum Gasteiger partial charge on any atom is 0.305 e. The highest BCUT2D eigenvalue weighted by molar-refractivity contribution is 6.33. The average molecular weight is 353 g/mol. The lowest BCUT2D eigenvalue weighted by Crippen LogP contribution is -2.30. The third-order valence-electron chi connectivity index (χ3n) is 3.27. The smallest absolute Gasteiger partial charge is 0.305 e. The van der Waals surface area contributed by atoms with E-state index in [4.69, 9.17) is 28.3 Å². The number of hydrogen-bond donors (Lipinski definition) is 2. The number of benzene rings is 1. The number of nitrogens with zero attached hydrogens (tertiary/aromatic N) is 1. The number of carbonyl (C=O) groups is 2. The highest BCUT2D eigenvalue weighted by atomic mass is 35.5. The molecule has 0 saturated heterocycles. The van der Waals surface area contributed by atoms with Crippen LogP contribution in [0.5, 0.6) is 0 Å². The summed E-state index contributed by atoms with van der Waals surface area (Å²) in [6, 6.07) is 9.37. The lowest BCUT2D eigenvalue weighted by molar-refractivity contribution is -0.137. The number of carbonyl (C=O) groups excluding carboxylic acids is 1. The number of pyridine rings is 1. The summed E-state index contributed by atoms with van der Waals surface area (Å²) in [6.07, 6.45) is -0.233. The van der Waals surface area contributed by atoms with Crippen LogP contribution in [0, 0.1) is 6.92 Å². The second-order valence-electron chi connectivity index (χ2n) is 4.98. The number of aromatic nitrogens is 1. The van der Waals surface area contributed by atoms with Crippen molar-refractivity contribution in [2.24, 2.45) is 0 Å². The van der Waals surface area contributed by atoms with Gasteiger partial charge in [0, 0.05) is 5.56 Å². The largest absolute Gasteiger partial charge is 0.481 e. The van der Waals surface area contributed by atoms with Gasteiger partial charge >= 0.3 is 5.97 Å². The maximum absolute atomic E-state index is 12.4. The molecule has 2 rings (SSSR count). The minimum atomic E-state index is -1.01. The lowest BCUT2D eigenvalue weighted by Gasteiger charge is -2.19. The zero-order valence-electron chi connectivity index (χ0n) is 12.2. The fourth-order valence-electron chi connectivity index (χ4n) is 2.23. The summed E-state index contributed by atoms with van der Waals surface area (Å²) in [5.74, 6) is -1.48. The van der Waals surface area contributed by atoms with Gasteiger partial charge in [0.15, 0.2) is 0 Å². The number of amides is 1. The van der Waals surface area contributed by atoms with Crippen molar-refractivity contribution in [1.29, 1.82) is 0 Å². The molecule has 0 saturated carbocycles. The summed E-state index contributed by atoms with van der Waals surface area (Å²) in [7, 11) is 0. The molecule has 120 valence electrons. The number of aliphatic carboxylic acids is 1. The van der Waals surface area contributed by atoms with Crippen LogP contribution in [0.25, 0.3) is 0 Å². The van der Waals surface area contributed by atoms with E-state index in [0.29, 0.717) is 0 Å². The third-order valence-corrected chi connectivity index (χ3v) is 3.66. The van der Waals surface area contributed by atoms with Gasteiger partial charge < -0.3 is 10.4 Å². The van der Waals surface area contributed by atoms with Gasteiger partial charge in [0.1, 0.15) is 10.3 Å². The summed E-state index contributed by atoms with van der Waals surface area (Å²) in [5, 5.41) is 12.0.